The second-order valence-corrected chi connectivity index (χ2v) is 5.33. The Hall–Kier alpha value is -1.22. The lowest BCUT2D eigenvalue weighted by atomic mass is 9.91. The molecule has 1 N–H and O–H groups in total. The summed E-state index contributed by atoms with van der Waals surface area (Å²) in [4.78, 5) is 0. The van der Waals surface area contributed by atoms with Crippen molar-refractivity contribution in [1.82, 2.24) is 0 Å². The van der Waals surface area contributed by atoms with E-state index in [-0.39, 0.29) is 5.92 Å². The Bertz CT molecular complexity index is 613. The number of halogens is 2. The second-order valence-electron chi connectivity index (χ2n) is 4.54. The minimum atomic E-state index is -0.727. The van der Waals surface area contributed by atoms with Crippen LogP contribution >= 0.6 is 23.2 Å². The Morgan fingerprint density at radius 3 is 2.74 bits per heavy atom. The van der Waals surface area contributed by atoms with E-state index in [0.29, 0.717) is 22.2 Å². The maximum Gasteiger partial charge on any atom is 0.123 e. The lowest BCUT2D eigenvalue weighted by molar-refractivity contribution is 0.130. The lowest BCUT2D eigenvalue weighted by Gasteiger charge is -2.19. The monoisotopic (exact) mass is 294 g/mol. The molecule has 1 aliphatic rings. The average Bonchev–Trinajstić information content (AvgIpc) is 2.85. The van der Waals surface area contributed by atoms with Crippen molar-refractivity contribution in [2.24, 2.45) is 0 Å². The molecule has 2 aromatic rings. The number of aliphatic hydroxyl groups is 1. The summed E-state index contributed by atoms with van der Waals surface area (Å²) >= 11 is 12.2. The molecule has 0 amide bonds. The fraction of sp³-hybridized carbons (Fsp3) is 0.200. The van der Waals surface area contributed by atoms with Gasteiger partial charge in [0.1, 0.15) is 5.75 Å². The van der Waals surface area contributed by atoms with Crippen LogP contribution in [-0.2, 0) is 0 Å². The molecule has 0 aromatic heterocycles. The third-order valence-corrected chi connectivity index (χ3v) is 4.25. The van der Waals surface area contributed by atoms with E-state index in [9.17, 15) is 5.11 Å². The Kier molecular flexibility index (Phi) is 3.40. The van der Waals surface area contributed by atoms with Crippen LogP contribution in [0, 0.1) is 0 Å². The maximum absolute atomic E-state index is 10.5. The molecule has 98 valence electrons. The van der Waals surface area contributed by atoms with Crippen molar-refractivity contribution >= 4 is 23.2 Å². The van der Waals surface area contributed by atoms with Crippen LogP contribution in [0.25, 0.3) is 0 Å². The molecule has 0 bridgehead atoms. The molecule has 1 aliphatic heterocycles. The largest absolute Gasteiger partial charge is 0.493 e. The van der Waals surface area contributed by atoms with Crippen LogP contribution < -0.4 is 4.74 Å². The molecule has 0 spiro atoms. The van der Waals surface area contributed by atoms with E-state index in [4.69, 9.17) is 27.9 Å². The van der Waals surface area contributed by atoms with Crippen molar-refractivity contribution in [3.05, 3.63) is 63.6 Å². The van der Waals surface area contributed by atoms with Gasteiger partial charge in [0.25, 0.3) is 0 Å². The summed E-state index contributed by atoms with van der Waals surface area (Å²) < 4.78 is 5.59. The first-order chi connectivity index (χ1) is 9.18. The Morgan fingerprint density at radius 2 is 1.89 bits per heavy atom. The van der Waals surface area contributed by atoms with Gasteiger partial charge in [0, 0.05) is 11.1 Å². The predicted molar refractivity (Wildman–Crippen MR) is 76.1 cm³/mol. The van der Waals surface area contributed by atoms with Crippen molar-refractivity contribution in [2.45, 2.75) is 12.0 Å². The first-order valence-electron chi connectivity index (χ1n) is 6.02. The number of rotatable bonds is 2. The Morgan fingerprint density at radius 1 is 1.11 bits per heavy atom. The van der Waals surface area contributed by atoms with Gasteiger partial charge in [-0.3, -0.25) is 0 Å². The van der Waals surface area contributed by atoms with Crippen LogP contribution in [0.5, 0.6) is 5.75 Å². The zero-order chi connectivity index (χ0) is 13.4. The fourth-order valence-electron chi connectivity index (χ4n) is 2.41. The van der Waals surface area contributed by atoms with Crippen LogP contribution in [0.1, 0.15) is 23.1 Å². The maximum atomic E-state index is 10.5. The number of aliphatic hydroxyl groups excluding tert-OH is 1. The molecular weight excluding hydrogens is 283 g/mol. The average molecular weight is 295 g/mol. The number of ether oxygens (including phenoxy) is 1. The minimum Gasteiger partial charge on any atom is -0.493 e. The van der Waals surface area contributed by atoms with Crippen LogP contribution in [0.2, 0.25) is 10.0 Å². The number of benzene rings is 2. The number of para-hydroxylation sites is 1. The van der Waals surface area contributed by atoms with Gasteiger partial charge in [-0.2, -0.15) is 0 Å². The van der Waals surface area contributed by atoms with Crippen molar-refractivity contribution in [1.29, 1.82) is 0 Å². The van der Waals surface area contributed by atoms with Crippen LogP contribution in [0.3, 0.4) is 0 Å². The standard InChI is InChI=1S/C15H12Cl2O2/c16-12-6-3-5-10(14(12)17)15(18)11-8-19-13-7-2-1-4-9(11)13/h1-7,11,15,18H,8H2. The van der Waals surface area contributed by atoms with E-state index in [1.807, 2.05) is 24.3 Å². The molecule has 0 saturated carbocycles. The van der Waals surface area contributed by atoms with E-state index < -0.39 is 6.10 Å². The molecule has 0 saturated heterocycles. The molecule has 1 heterocycles. The van der Waals surface area contributed by atoms with Crippen LogP contribution in [0.4, 0.5) is 0 Å². The molecule has 19 heavy (non-hydrogen) atoms. The van der Waals surface area contributed by atoms with Gasteiger partial charge in [-0.15, -0.1) is 0 Å². The van der Waals surface area contributed by atoms with Gasteiger partial charge in [-0.25, -0.2) is 0 Å². The van der Waals surface area contributed by atoms with Crippen molar-refractivity contribution in [2.75, 3.05) is 6.61 Å². The quantitative estimate of drug-likeness (QED) is 0.899. The molecule has 3 rings (SSSR count). The summed E-state index contributed by atoms with van der Waals surface area (Å²) in [5.74, 6) is 0.705. The zero-order valence-electron chi connectivity index (χ0n) is 10.0. The third kappa shape index (κ3) is 2.20. The highest BCUT2D eigenvalue weighted by atomic mass is 35.5. The number of hydrogen-bond acceptors (Lipinski definition) is 2. The molecule has 4 heteroatoms. The zero-order valence-corrected chi connectivity index (χ0v) is 11.5. The molecule has 2 aromatic carbocycles. The Labute approximate surface area is 121 Å². The topological polar surface area (TPSA) is 29.5 Å². The normalized spacial score (nSPS) is 18.8. The molecule has 0 radical (unpaired) electrons. The van der Waals surface area contributed by atoms with Gasteiger partial charge in [0.05, 0.1) is 28.7 Å². The summed E-state index contributed by atoms with van der Waals surface area (Å²) in [6.07, 6.45) is -0.727. The first-order valence-corrected chi connectivity index (χ1v) is 6.78. The molecule has 2 nitrogen and oxygen atoms in total. The molecule has 2 atom stereocenters. The van der Waals surface area contributed by atoms with Crippen LogP contribution in [-0.4, -0.2) is 11.7 Å². The highest BCUT2D eigenvalue weighted by Gasteiger charge is 2.32. The van der Waals surface area contributed by atoms with E-state index in [0.717, 1.165) is 11.3 Å². The molecule has 0 fully saturated rings. The first kappa shape index (κ1) is 12.8. The van der Waals surface area contributed by atoms with Crippen LogP contribution in [0.15, 0.2) is 42.5 Å². The van der Waals surface area contributed by atoms with Gasteiger partial charge in [0.2, 0.25) is 0 Å². The fourth-order valence-corrected chi connectivity index (χ4v) is 2.83. The minimum absolute atomic E-state index is 0.118. The highest BCUT2D eigenvalue weighted by Crippen LogP contribution is 2.43. The lowest BCUT2D eigenvalue weighted by Crippen LogP contribution is -2.12. The summed E-state index contributed by atoms with van der Waals surface area (Å²) in [5, 5.41) is 11.4. The van der Waals surface area contributed by atoms with E-state index in [2.05, 4.69) is 0 Å². The van der Waals surface area contributed by atoms with Gasteiger partial charge in [-0.1, -0.05) is 53.5 Å². The summed E-state index contributed by atoms with van der Waals surface area (Å²) in [5.41, 5.74) is 1.64. The van der Waals surface area contributed by atoms with E-state index in [1.165, 1.54) is 0 Å². The van der Waals surface area contributed by atoms with Crippen molar-refractivity contribution in [3.8, 4) is 5.75 Å². The van der Waals surface area contributed by atoms with Gasteiger partial charge in [0.15, 0.2) is 0 Å². The van der Waals surface area contributed by atoms with Gasteiger partial charge >= 0.3 is 0 Å². The molecular formula is C15H12Cl2O2. The van der Waals surface area contributed by atoms with Crippen molar-refractivity contribution < 1.29 is 9.84 Å². The van der Waals surface area contributed by atoms with Gasteiger partial charge < -0.3 is 9.84 Å². The molecule has 0 aliphatic carbocycles. The second kappa shape index (κ2) is 5.04. The summed E-state index contributed by atoms with van der Waals surface area (Å²) in [6.45, 7) is 0.448. The Balaban J connectivity index is 1.98. The van der Waals surface area contributed by atoms with Gasteiger partial charge in [-0.05, 0) is 12.1 Å². The van der Waals surface area contributed by atoms with E-state index >= 15 is 0 Å². The number of hydrogen-bond donors (Lipinski definition) is 1. The summed E-state index contributed by atoms with van der Waals surface area (Å²) in [6, 6.07) is 13.0. The predicted octanol–water partition coefficient (Wildman–Crippen LogP) is 4.20. The third-order valence-electron chi connectivity index (χ3n) is 3.42. The van der Waals surface area contributed by atoms with Crippen molar-refractivity contribution in [3.63, 3.8) is 0 Å². The highest BCUT2D eigenvalue weighted by molar-refractivity contribution is 6.42. The molecule has 2 unspecified atom stereocenters. The summed E-state index contributed by atoms with van der Waals surface area (Å²) in [7, 11) is 0. The number of fused-ring (bicyclic) bond motifs is 1. The SMILES string of the molecule is OC(c1cccc(Cl)c1Cl)C1COc2ccccc21. The van der Waals surface area contributed by atoms with E-state index in [1.54, 1.807) is 18.2 Å². The smallest absolute Gasteiger partial charge is 0.123 e.